The van der Waals surface area contributed by atoms with E-state index in [0.29, 0.717) is 16.5 Å². The maximum Gasteiger partial charge on any atom is 0.251 e. The summed E-state index contributed by atoms with van der Waals surface area (Å²) >= 11 is 1.37. The number of pyridine rings is 1. The minimum absolute atomic E-state index is 0.190. The van der Waals surface area contributed by atoms with E-state index in [1.54, 1.807) is 12.1 Å². The molecule has 1 N–H and O–H groups in total. The van der Waals surface area contributed by atoms with Gasteiger partial charge in [-0.1, -0.05) is 25.9 Å². The van der Waals surface area contributed by atoms with Crippen LogP contribution in [-0.4, -0.2) is 16.7 Å². The van der Waals surface area contributed by atoms with Crippen LogP contribution in [0.1, 0.15) is 20.8 Å². The maximum absolute atomic E-state index is 11.4. The molecule has 0 aliphatic rings. The first-order chi connectivity index (χ1) is 7.45. The fourth-order valence-corrected chi connectivity index (χ4v) is 2.20. The van der Waals surface area contributed by atoms with Crippen LogP contribution < -0.4 is 4.73 Å². The number of hydrogen-bond acceptors (Lipinski definition) is 4. The van der Waals surface area contributed by atoms with Gasteiger partial charge in [0.15, 0.2) is 6.20 Å². The van der Waals surface area contributed by atoms with Gasteiger partial charge in [-0.2, -0.15) is 4.73 Å². The van der Waals surface area contributed by atoms with E-state index in [1.807, 2.05) is 26.8 Å². The zero-order valence-electron chi connectivity index (χ0n) is 9.67. The van der Waals surface area contributed by atoms with Crippen LogP contribution in [0.4, 0.5) is 0 Å². The monoisotopic (exact) mass is 240 g/mol. The highest BCUT2D eigenvalue weighted by Crippen LogP contribution is 2.22. The second-order valence-electron chi connectivity index (χ2n) is 4.45. The maximum atomic E-state index is 11.4. The van der Waals surface area contributed by atoms with E-state index in [1.165, 1.54) is 18.0 Å². The fraction of sp³-hybridized carbons (Fsp3) is 0.455. The molecule has 1 aromatic heterocycles. The van der Waals surface area contributed by atoms with Gasteiger partial charge in [-0.15, -0.1) is 0 Å². The van der Waals surface area contributed by atoms with Crippen LogP contribution in [-0.2, 0) is 0 Å². The van der Waals surface area contributed by atoms with Crippen LogP contribution in [0.5, 0.6) is 0 Å². The Morgan fingerprint density at radius 2 is 2.19 bits per heavy atom. The van der Waals surface area contributed by atoms with Crippen molar-refractivity contribution in [1.82, 2.24) is 0 Å². The second-order valence-corrected chi connectivity index (χ2v) is 5.45. The summed E-state index contributed by atoms with van der Waals surface area (Å²) in [6, 6.07) is 5.24. The van der Waals surface area contributed by atoms with Crippen LogP contribution in [0.15, 0.2) is 34.6 Å². The highest BCUT2D eigenvalue weighted by molar-refractivity contribution is 7.99. The first kappa shape index (κ1) is 12.8. The predicted octanol–water partition coefficient (Wildman–Crippen LogP) is 2.29. The number of aromatic nitrogens is 1. The Hall–Kier alpha value is -1.23. The van der Waals surface area contributed by atoms with Crippen LogP contribution in [0.3, 0.4) is 0 Å². The number of nitrogens with zero attached hydrogens (tertiary/aromatic N) is 2. The molecule has 0 spiro atoms. The number of rotatable bonds is 3. The van der Waals surface area contributed by atoms with E-state index in [-0.39, 0.29) is 5.41 Å². The standard InChI is InChI=1S/C11H16N2O2S/c1-11(2,3)9(12-14)8-16-10-6-4-5-7-13(10)15/h4-7,14H,8H2,1-3H3. The molecular weight excluding hydrogens is 224 g/mol. The first-order valence-corrected chi connectivity index (χ1v) is 5.96. The van der Waals surface area contributed by atoms with Gasteiger partial charge in [0.1, 0.15) is 0 Å². The van der Waals surface area contributed by atoms with Gasteiger partial charge in [-0.3, -0.25) is 0 Å². The largest absolute Gasteiger partial charge is 0.618 e. The van der Waals surface area contributed by atoms with Crippen LogP contribution in [0.25, 0.3) is 0 Å². The van der Waals surface area contributed by atoms with Gasteiger partial charge in [0.2, 0.25) is 0 Å². The Balaban J connectivity index is 2.68. The lowest BCUT2D eigenvalue weighted by molar-refractivity contribution is -0.645. The molecule has 0 atom stereocenters. The molecule has 1 aromatic rings. The molecule has 0 saturated carbocycles. The predicted molar refractivity (Wildman–Crippen MR) is 64.8 cm³/mol. The molecule has 16 heavy (non-hydrogen) atoms. The smallest absolute Gasteiger partial charge is 0.251 e. The normalized spacial score (nSPS) is 12.8. The SMILES string of the molecule is CC(C)(C)C(CSc1cccc[n+]1[O-])=NO. The molecule has 1 rings (SSSR count). The molecule has 5 heteroatoms. The average molecular weight is 240 g/mol. The quantitative estimate of drug-likeness (QED) is 0.220. The summed E-state index contributed by atoms with van der Waals surface area (Å²) in [6.45, 7) is 5.91. The third kappa shape index (κ3) is 3.41. The molecule has 0 amide bonds. The molecular formula is C11H16N2O2S. The molecule has 0 unspecified atom stereocenters. The van der Waals surface area contributed by atoms with E-state index in [0.717, 1.165) is 4.73 Å². The molecule has 0 aliphatic heterocycles. The van der Waals surface area contributed by atoms with Crippen molar-refractivity contribution in [3.8, 4) is 0 Å². The molecule has 0 fully saturated rings. The zero-order valence-corrected chi connectivity index (χ0v) is 10.5. The summed E-state index contributed by atoms with van der Waals surface area (Å²) in [6.07, 6.45) is 1.45. The van der Waals surface area contributed by atoms with E-state index >= 15 is 0 Å². The average Bonchev–Trinajstić information content (AvgIpc) is 2.19. The minimum Gasteiger partial charge on any atom is -0.618 e. The third-order valence-electron chi connectivity index (χ3n) is 2.13. The van der Waals surface area contributed by atoms with E-state index in [2.05, 4.69) is 5.16 Å². The first-order valence-electron chi connectivity index (χ1n) is 4.97. The molecule has 0 aromatic carbocycles. The van der Waals surface area contributed by atoms with Crippen LogP contribution >= 0.6 is 11.8 Å². The van der Waals surface area contributed by atoms with Gasteiger partial charge in [0.25, 0.3) is 5.03 Å². The van der Waals surface area contributed by atoms with Crippen molar-refractivity contribution in [3.05, 3.63) is 29.6 Å². The molecule has 4 nitrogen and oxygen atoms in total. The Morgan fingerprint density at radius 3 is 2.69 bits per heavy atom. The summed E-state index contributed by atoms with van der Waals surface area (Å²) in [5.41, 5.74) is 0.478. The summed E-state index contributed by atoms with van der Waals surface area (Å²) in [4.78, 5) is 0. The van der Waals surface area contributed by atoms with Crippen molar-refractivity contribution < 1.29 is 9.94 Å². The van der Waals surface area contributed by atoms with E-state index in [4.69, 9.17) is 5.21 Å². The van der Waals surface area contributed by atoms with Crippen molar-refractivity contribution >= 4 is 17.5 Å². The lowest BCUT2D eigenvalue weighted by Gasteiger charge is -2.18. The lowest BCUT2D eigenvalue weighted by atomic mass is 9.91. The van der Waals surface area contributed by atoms with Gasteiger partial charge in [0.05, 0.1) is 5.71 Å². The highest BCUT2D eigenvalue weighted by atomic mass is 32.2. The van der Waals surface area contributed by atoms with Gasteiger partial charge < -0.3 is 10.4 Å². The Bertz CT molecular complexity index is 386. The van der Waals surface area contributed by atoms with Gasteiger partial charge >= 0.3 is 0 Å². The van der Waals surface area contributed by atoms with Gasteiger partial charge in [0, 0.05) is 23.3 Å². The Kier molecular flexibility index (Phi) is 4.18. The molecule has 0 saturated heterocycles. The highest BCUT2D eigenvalue weighted by Gasteiger charge is 2.21. The molecule has 88 valence electrons. The summed E-state index contributed by atoms with van der Waals surface area (Å²) in [7, 11) is 0. The second kappa shape index (κ2) is 5.21. The molecule has 1 heterocycles. The Labute approximate surface area is 99.6 Å². The van der Waals surface area contributed by atoms with Crippen LogP contribution in [0, 0.1) is 10.6 Å². The van der Waals surface area contributed by atoms with E-state index < -0.39 is 0 Å². The summed E-state index contributed by atoms with van der Waals surface area (Å²) in [5.74, 6) is 0.506. The number of hydrogen-bond donors (Lipinski definition) is 1. The molecule has 0 bridgehead atoms. The van der Waals surface area contributed by atoms with Crippen molar-refractivity contribution in [1.29, 1.82) is 0 Å². The summed E-state index contributed by atoms with van der Waals surface area (Å²) in [5, 5.41) is 24.2. The molecule has 0 aliphatic carbocycles. The number of thioether (sulfide) groups is 1. The Morgan fingerprint density at radius 1 is 1.50 bits per heavy atom. The van der Waals surface area contributed by atoms with Crippen molar-refractivity contribution in [2.24, 2.45) is 10.6 Å². The van der Waals surface area contributed by atoms with Crippen molar-refractivity contribution in [2.75, 3.05) is 5.75 Å². The molecule has 0 radical (unpaired) electrons. The van der Waals surface area contributed by atoms with Crippen LogP contribution in [0.2, 0.25) is 0 Å². The van der Waals surface area contributed by atoms with E-state index in [9.17, 15) is 5.21 Å². The summed E-state index contributed by atoms with van der Waals surface area (Å²) < 4.78 is 0.808. The third-order valence-corrected chi connectivity index (χ3v) is 3.16. The topological polar surface area (TPSA) is 59.5 Å². The lowest BCUT2D eigenvalue weighted by Crippen LogP contribution is -2.29. The minimum atomic E-state index is -0.190. The van der Waals surface area contributed by atoms with Crippen molar-refractivity contribution in [3.63, 3.8) is 0 Å². The zero-order chi connectivity index (χ0) is 12.2. The number of oxime groups is 1. The van der Waals surface area contributed by atoms with Gasteiger partial charge in [-0.25, -0.2) is 0 Å². The van der Waals surface area contributed by atoms with Gasteiger partial charge in [-0.05, 0) is 17.8 Å². The fourth-order valence-electron chi connectivity index (χ4n) is 1.06. The van der Waals surface area contributed by atoms with Crippen molar-refractivity contribution in [2.45, 2.75) is 25.8 Å².